The van der Waals surface area contributed by atoms with Gasteiger partial charge in [-0.1, -0.05) is 12.1 Å². The van der Waals surface area contributed by atoms with Crippen molar-refractivity contribution in [3.63, 3.8) is 0 Å². The van der Waals surface area contributed by atoms with Gasteiger partial charge >= 0.3 is 0 Å². The molecule has 0 aliphatic rings. The molecule has 1 amide bonds. The minimum Gasteiger partial charge on any atom is -0.398 e. The van der Waals surface area contributed by atoms with Crippen molar-refractivity contribution >= 4 is 17.4 Å². The Kier molecular flexibility index (Phi) is 3.06. The Balaban J connectivity index is 2.24. The number of aryl methyl sites for hydroxylation is 3. The van der Waals surface area contributed by atoms with E-state index in [-0.39, 0.29) is 5.91 Å². The van der Waals surface area contributed by atoms with Crippen LogP contribution in [0.5, 0.6) is 0 Å². The summed E-state index contributed by atoms with van der Waals surface area (Å²) < 4.78 is 1.70. The lowest BCUT2D eigenvalue weighted by atomic mass is 10.1. The van der Waals surface area contributed by atoms with E-state index in [2.05, 4.69) is 10.4 Å². The highest BCUT2D eigenvalue weighted by atomic mass is 16.1. The van der Waals surface area contributed by atoms with Crippen LogP contribution in [0.3, 0.4) is 0 Å². The van der Waals surface area contributed by atoms with Gasteiger partial charge in [0, 0.05) is 24.5 Å². The van der Waals surface area contributed by atoms with Crippen molar-refractivity contribution in [2.75, 3.05) is 11.1 Å². The molecule has 1 heterocycles. The lowest BCUT2D eigenvalue weighted by molar-refractivity contribution is 0.102. The number of amides is 1. The summed E-state index contributed by atoms with van der Waals surface area (Å²) in [6.07, 6.45) is 0. The fourth-order valence-corrected chi connectivity index (χ4v) is 1.68. The van der Waals surface area contributed by atoms with E-state index in [0.717, 1.165) is 11.3 Å². The lowest BCUT2D eigenvalue weighted by Gasteiger charge is -2.07. The van der Waals surface area contributed by atoms with Crippen molar-refractivity contribution in [3.8, 4) is 0 Å². The van der Waals surface area contributed by atoms with Gasteiger partial charge < -0.3 is 11.1 Å². The number of nitrogen functional groups attached to an aromatic ring is 1. The summed E-state index contributed by atoms with van der Waals surface area (Å²) in [7, 11) is 1.83. The monoisotopic (exact) mass is 244 g/mol. The van der Waals surface area contributed by atoms with E-state index < -0.39 is 0 Å². The molecule has 1 aromatic heterocycles. The second kappa shape index (κ2) is 4.52. The summed E-state index contributed by atoms with van der Waals surface area (Å²) in [6.45, 7) is 3.79. The Hall–Kier alpha value is -2.30. The van der Waals surface area contributed by atoms with E-state index in [0.29, 0.717) is 17.1 Å². The number of nitrogens with zero attached hydrogens (tertiary/aromatic N) is 2. The normalized spacial score (nSPS) is 10.4. The number of carbonyl (C=O) groups excluding carboxylic acids is 1. The van der Waals surface area contributed by atoms with Crippen molar-refractivity contribution in [1.29, 1.82) is 0 Å². The van der Waals surface area contributed by atoms with E-state index in [1.165, 1.54) is 0 Å². The molecule has 0 spiro atoms. The second-order valence-electron chi connectivity index (χ2n) is 4.28. The third kappa shape index (κ3) is 2.20. The van der Waals surface area contributed by atoms with Crippen LogP contribution >= 0.6 is 0 Å². The zero-order valence-electron chi connectivity index (χ0n) is 10.7. The topological polar surface area (TPSA) is 72.9 Å². The lowest BCUT2D eigenvalue weighted by Crippen LogP contribution is -2.15. The molecule has 94 valence electrons. The van der Waals surface area contributed by atoms with Crippen molar-refractivity contribution in [2.45, 2.75) is 13.8 Å². The Bertz CT molecular complexity index is 582. The third-order valence-corrected chi connectivity index (χ3v) is 2.92. The molecular weight excluding hydrogens is 228 g/mol. The Labute approximate surface area is 106 Å². The maximum atomic E-state index is 12.1. The standard InChI is InChI=1S/C13H16N4O/c1-8-5-4-6-10(12(8)14)13(18)15-11-7-9(2)17(3)16-11/h4-7H,14H2,1-3H3,(H,15,16,18). The maximum Gasteiger partial charge on any atom is 0.258 e. The molecule has 0 atom stereocenters. The third-order valence-electron chi connectivity index (χ3n) is 2.92. The zero-order valence-corrected chi connectivity index (χ0v) is 10.7. The minimum absolute atomic E-state index is 0.241. The van der Waals surface area contributed by atoms with E-state index in [9.17, 15) is 4.79 Å². The largest absolute Gasteiger partial charge is 0.398 e. The van der Waals surface area contributed by atoms with Crippen molar-refractivity contribution in [2.24, 2.45) is 7.05 Å². The highest BCUT2D eigenvalue weighted by molar-refractivity contribution is 6.07. The van der Waals surface area contributed by atoms with Crippen molar-refractivity contribution in [3.05, 3.63) is 41.1 Å². The number of aromatic nitrogens is 2. The first-order valence-corrected chi connectivity index (χ1v) is 5.66. The quantitative estimate of drug-likeness (QED) is 0.792. The molecule has 5 nitrogen and oxygen atoms in total. The number of para-hydroxylation sites is 1. The smallest absolute Gasteiger partial charge is 0.258 e. The van der Waals surface area contributed by atoms with Gasteiger partial charge in [0.25, 0.3) is 5.91 Å². The van der Waals surface area contributed by atoms with Crippen LogP contribution in [0.2, 0.25) is 0 Å². The van der Waals surface area contributed by atoms with Gasteiger partial charge in [0.1, 0.15) is 0 Å². The summed E-state index contributed by atoms with van der Waals surface area (Å²) in [6, 6.07) is 7.19. The predicted octanol–water partition coefficient (Wildman–Crippen LogP) is 1.87. The van der Waals surface area contributed by atoms with Gasteiger partial charge in [0.15, 0.2) is 5.82 Å². The molecule has 1 aromatic carbocycles. The molecule has 0 saturated heterocycles. The van der Waals surface area contributed by atoms with Gasteiger partial charge in [0.2, 0.25) is 0 Å². The molecule has 2 rings (SSSR count). The molecule has 0 aliphatic heterocycles. The predicted molar refractivity (Wildman–Crippen MR) is 71.5 cm³/mol. The van der Waals surface area contributed by atoms with Crippen LogP contribution in [0.1, 0.15) is 21.6 Å². The van der Waals surface area contributed by atoms with Crippen LogP contribution in [-0.4, -0.2) is 15.7 Å². The molecule has 0 aliphatic carbocycles. The number of rotatable bonds is 2. The molecule has 0 radical (unpaired) electrons. The molecule has 5 heteroatoms. The number of carbonyl (C=O) groups is 1. The van der Waals surface area contributed by atoms with Gasteiger partial charge in [-0.25, -0.2) is 0 Å². The summed E-state index contributed by atoms with van der Waals surface area (Å²) in [5, 5.41) is 6.91. The fourth-order valence-electron chi connectivity index (χ4n) is 1.68. The van der Waals surface area contributed by atoms with Crippen LogP contribution in [0.4, 0.5) is 11.5 Å². The highest BCUT2D eigenvalue weighted by Gasteiger charge is 2.12. The van der Waals surface area contributed by atoms with Gasteiger partial charge in [-0.3, -0.25) is 9.48 Å². The Morgan fingerprint density at radius 1 is 1.39 bits per heavy atom. The number of hydrogen-bond donors (Lipinski definition) is 2. The van der Waals surface area contributed by atoms with Gasteiger partial charge in [0.05, 0.1) is 5.56 Å². The fraction of sp³-hybridized carbons (Fsp3) is 0.231. The number of hydrogen-bond acceptors (Lipinski definition) is 3. The molecule has 0 bridgehead atoms. The summed E-state index contributed by atoms with van der Waals surface area (Å²) >= 11 is 0. The number of nitrogens with one attached hydrogen (secondary N) is 1. The van der Waals surface area contributed by atoms with E-state index >= 15 is 0 Å². The summed E-state index contributed by atoms with van der Waals surface area (Å²) in [5.74, 6) is 0.287. The van der Waals surface area contributed by atoms with Crippen LogP contribution < -0.4 is 11.1 Å². The maximum absolute atomic E-state index is 12.1. The number of anilines is 2. The first-order valence-electron chi connectivity index (χ1n) is 5.66. The highest BCUT2D eigenvalue weighted by Crippen LogP contribution is 2.18. The zero-order chi connectivity index (χ0) is 13.3. The molecule has 0 fully saturated rings. The Morgan fingerprint density at radius 3 is 2.72 bits per heavy atom. The average Bonchev–Trinajstić information content (AvgIpc) is 2.61. The van der Waals surface area contributed by atoms with Crippen LogP contribution in [0, 0.1) is 13.8 Å². The average molecular weight is 244 g/mol. The molecule has 18 heavy (non-hydrogen) atoms. The molecule has 0 unspecified atom stereocenters. The number of nitrogens with two attached hydrogens (primary N) is 1. The van der Waals surface area contributed by atoms with Crippen molar-refractivity contribution < 1.29 is 4.79 Å². The van der Waals surface area contributed by atoms with Gasteiger partial charge in [-0.2, -0.15) is 5.10 Å². The molecule has 3 N–H and O–H groups in total. The molecule has 2 aromatic rings. The summed E-state index contributed by atoms with van der Waals surface area (Å²) in [4.78, 5) is 12.1. The first-order chi connectivity index (χ1) is 8.49. The molecular formula is C13H16N4O. The molecule has 0 saturated carbocycles. The van der Waals surface area contributed by atoms with Crippen LogP contribution in [0.25, 0.3) is 0 Å². The van der Waals surface area contributed by atoms with E-state index in [4.69, 9.17) is 5.73 Å². The summed E-state index contributed by atoms with van der Waals surface area (Å²) in [5.41, 5.74) is 8.72. The van der Waals surface area contributed by atoms with Crippen LogP contribution in [-0.2, 0) is 7.05 Å². The number of benzene rings is 1. The van der Waals surface area contributed by atoms with E-state index in [1.54, 1.807) is 10.7 Å². The minimum atomic E-state index is -0.241. The van der Waals surface area contributed by atoms with Gasteiger partial charge in [-0.05, 0) is 25.5 Å². The SMILES string of the molecule is Cc1cccc(C(=O)Nc2cc(C)n(C)n2)c1N. The van der Waals surface area contributed by atoms with E-state index in [1.807, 2.05) is 39.1 Å². The second-order valence-corrected chi connectivity index (χ2v) is 4.28. The first kappa shape index (κ1) is 12.2. The van der Waals surface area contributed by atoms with Crippen LogP contribution in [0.15, 0.2) is 24.3 Å². The Morgan fingerprint density at radius 2 is 2.11 bits per heavy atom. The van der Waals surface area contributed by atoms with Gasteiger partial charge in [-0.15, -0.1) is 0 Å². The van der Waals surface area contributed by atoms with Crippen molar-refractivity contribution in [1.82, 2.24) is 9.78 Å².